The van der Waals surface area contributed by atoms with Gasteiger partial charge in [-0.15, -0.1) is 0 Å². The molecule has 2 aromatic rings. The van der Waals surface area contributed by atoms with Gasteiger partial charge in [-0.25, -0.2) is 0 Å². The zero-order chi connectivity index (χ0) is 25.2. The van der Waals surface area contributed by atoms with Crippen molar-refractivity contribution >= 4 is 29.1 Å². The van der Waals surface area contributed by atoms with Gasteiger partial charge in [0.05, 0.1) is 25.8 Å². The Labute approximate surface area is 212 Å². The highest BCUT2D eigenvalue weighted by atomic mass is 35.5. The van der Waals surface area contributed by atoms with Crippen molar-refractivity contribution in [2.24, 2.45) is 0 Å². The standard InChI is InChI=1S/C28H33ClN2O4/c1-28(2,3)21-9-5-19(6-10-21)24-23(25(32)20-7-11-22(29)12-8-20)26(33)27(34)31(24)14-4-13-30-15-17-35-18-16-30/h5-12,24,32H,4,13-18H2,1-3H3. The third kappa shape index (κ3) is 5.61. The predicted octanol–water partition coefficient (Wildman–Crippen LogP) is 2.17. The number of ketones is 1. The van der Waals surface area contributed by atoms with Crippen LogP contribution in [0.4, 0.5) is 0 Å². The molecule has 2 heterocycles. The van der Waals surface area contributed by atoms with Crippen molar-refractivity contribution in [3.63, 3.8) is 0 Å². The maximum atomic E-state index is 13.5. The van der Waals surface area contributed by atoms with Gasteiger partial charge in [0, 0.05) is 23.6 Å². The number of amides is 1. The summed E-state index contributed by atoms with van der Waals surface area (Å²) in [5.74, 6) is -1.75. The van der Waals surface area contributed by atoms with E-state index in [1.165, 1.54) is 4.90 Å². The van der Waals surface area contributed by atoms with Crippen molar-refractivity contribution in [1.82, 2.24) is 4.90 Å². The zero-order valence-electron chi connectivity index (χ0n) is 20.6. The summed E-state index contributed by atoms with van der Waals surface area (Å²) in [6, 6.07) is 13.6. The van der Waals surface area contributed by atoms with Crippen molar-refractivity contribution in [3.05, 3.63) is 75.8 Å². The smallest absolute Gasteiger partial charge is 0.295 e. The molecule has 0 bridgehead atoms. The van der Waals surface area contributed by atoms with Crippen LogP contribution in [0.2, 0.25) is 5.02 Å². The molecule has 0 aromatic heterocycles. The van der Waals surface area contributed by atoms with E-state index >= 15 is 0 Å². The number of carbonyl (C=O) groups excluding carboxylic acids is 2. The van der Waals surface area contributed by atoms with Gasteiger partial charge in [0.1, 0.15) is 13.1 Å². The van der Waals surface area contributed by atoms with Gasteiger partial charge in [0.2, 0.25) is 5.78 Å². The first-order chi connectivity index (χ1) is 16.7. The Hall–Kier alpha value is -2.67. The summed E-state index contributed by atoms with van der Waals surface area (Å²) in [5, 5.41) is 14.0. The number of nitrogens with zero attached hydrogens (tertiary/aromatic N) is 1. The second-order valence-electron chi connectivity index (χ2n) is 10.3. The van der Waals surface area contributed by atoms with E-state index in [0.29, 0.717) is 17.1 Å². The number of Topliss-reactive ketones (excluding diaryl/α,β-unsaturated/α-hetero) is 1. The molecule has 2 saturated heterocycles. The minimum absolute atomic E-state index is 0.0135. The SMILES string of the molecule is CC(C)(C)c1ccc(C2C(=C([O-])c3ccc(Cl)cc3)C(=O)C(=O)N2CCC[NH+]2CCOCC2)cc1. The third-order valence-corrected chi connectivity index (χ3v) is 7.11. The van der Waals surface area contributed by atoms with Crippen LogP contribution in [0.25, 0.3) is 5.76 Å². The first-order valence-electron chi connectivity index (χ1n) is 12.2. The van der Waals surface area contributed by atoms with Gasteiger partial charge in [-0.1, -0.05) is 74.5 Å². The van der Waals surface area contributed by atoms with Gasteiger partial charge >= 0.3 is 0 Å². The molecule has 7 heteroatoms. The molecule has 0 saturated carbocycles. The van der Waals surface area contributed by atoms with Gasteiger partial charge in [0.15, 0.2) is 0 Å². The fraction of sp³-hybridized carbons (Fsp3) is 0.429. The molecule has 2 aromatic carbocycles. The van der Waals surface area contributed by atoms with Crippen molar-refractivity contribution in [1.29, 1.82) is 0 Å². The van der Waals surface area contributed by atoms with Gasteiger partial charge in [-0.3, -0.25) is 9.59 Å². The molecule has 1 unspecified atom stereocenters. The topological polar surface area (TPSA) is 74.1 Å². The summed E-state index contributed by atoms with van der Waals surface area (Å²) in [6.07, 6.45) is 0.743. The highest BCUT2D eigenvalue weighted by Crippen LogP contribution is 2.39. The van der Waals surface area contributed by atoms with Crippen molar-refractivity contribution < 1.29 is 24.3 Å². The molecule has 0 radical (unpaired) electrons. The Bertz CT molecular complexity index is 1100. The number of morpholine rings is 1. The lowest BCUT2D eigenvalue weighted by molar-refractivity contribution is -0.908. The number of quaternary nitrogens is 1. The van der Waals surface area contributed by atoms with Gasteiger partial charge in [-0.05, 0) is 34.2 Å². The van der Waals surface area contributed by atoms with Crippen LogP contribution in [0.15, 0.2) is 54.1 Å². The summed E-state index contributed by atoms with van der Waals surface area (Å²) in [4.78, 5) is 29.3. The molecule has 0 spiro atoms. The van der Waals surface area contributed by atoms with Crippen LogP contribution in [0.5, 0.6) is 0 Å². The summed E-state index contributed by atoms with van der Waals surface area (Å²) in [6.45, 7) is 11.1. The molecule has 1 N–H and O–H groups in total. The van der Waals surface area contributed by atoms with Crippen LogP contribution >= 0.6 is 11.6 Å². The number of rotatable bonds is 6. The van der Waals surface area contributed by atoms with Crippen LogP contribution in [0.3, 0.4) is 0 Å². The Morgan fingerprint density at radius 1 is 1.06 bits per heavy atom. The van der Waals surface area contributed by atoms with E-state index in [4.69, 9.17) is 16.3 Å². The van der Waals surface area contributed by atoms with E-state index in [0.717, 1.165) is 50.4 Å². The zero-order valence-corrected chi connectivity index (χ0v) is 21.4. The summed E-state index contributed by atoms with van der Waals surface area (Å²) >= 11 is 5.99. The summed E-state index contributed by atoms with van der Waals surface area (Å²) in [7, 11) is 0. The molecule has 2 aliphatic rings. The van der Waals surface area contributed by atoms with E-state index < -0.39 is 23.5 Å². The summed E-state index contributed by atoms with van der Waals surface area (Å²) < 4.78 is 5.43. The van der Waals surface area contributed by atoms with Crippen LogP contribution in [0, 0.1) is 0 Å². The highest BCUT2D eigenvalue weighted by molar-refractivity contribution is 6.46. The van der Waals surface area contributed by atoms with E-state index in [9.17, 15) is 14.7 Å². The number of likely N-dealkylation sites (tertiary alicyclic amines) is 1. The molecular weight excluding hydrogens is 464 g/mol. The Morgan fingerprint density at radius 3 is 2.29 bits per heavy atom. The van der Waals surface area contributed by atoms with E-state index in [2.05, 4.69) is 20.8 Å². The molecule has 35 heavy (non-hydrogen) atoms. The fourth-order valence-electron chi connectivity index (χ4n) is 4.78. The summed E-state index contributed by atoms with van der Waals surface area (Å²) in [5.41, 5.74) is 2.24. The number of carbonyl (C=O) groups is 2. The van der Waals surface area contributed by atoms with E-state index in [-0.39, 0.29) is 11.0 Å². The van der Waals surface area contributed by atoms with Gasteiger partial charge in [0.25, 0.3) is 5.91 Å². The van der Waals surface area contributed by atoms with Crippen LogP contribution in [-0.4, -0.2) is 56.0 Å². The van der Waals surface area contributed by atoms with Crippen molar-refractivity contribution in [2.45, 2.75) is 38.6 Å². The molecule has 6 nitrogen and oxygen atoms in total. The number of hydrogen-bond acceptors (Lipinski definition) is 4. The lowest BCUT2D eigenvalue weighted by Gasteiger charge is -2.29. The van der Waals surface area contributed by atoms with Gasteiger partial charge in [-0.2, -0.15) is 0 Å². The maximum Gasteiger partial charge on any atom is 0.295 e. The predicted molar refractivity (Wildman–Crippen MR) is 134 cm³/mol. The van der Waals surface area contributed by atoms with Crippen molar-refractivity contribution in [2.75, 3.05) is 39.4 Å². The minimum Gasteiger partial charge on any atom is -0.872 e. The Balaban J connectivity index is 1.68. The van der Waals surface area contributed by atoms with Crippen LogP contribution < -0.4 is 10.0 Å². The number of nitrogens with one attached hydrogen (secondary N) is 1. The first kappa shape index (κ1) is 25.4. The number of benzene rings is 2. The number of ether oxygens (including phenoxy) is 1. The minimum atomic E-state index is -0.714. The molecule has 1 atom stereocenters. The molecule has 186 valence electrons. The average Bonchev–Trinajstić information content (AvgIpc) is 3.09. The molecule has 0 aliphatic carbocycles. The van der Waals surface area contributed by atoms with E-state index in [1.54, 1.807) is 29.2 Å². The molecular formula is C28H33ClN2O4. The Kier molecular flexibility index (Phi) is 7.64. The number of hydrogen-bond donors (Lipinski definition) is 1. The molecule has 2 fully saturated rings. The lowest BCUT2D eigenvalue weighted by atomic mass is 9.85. The second kappa shape index (κ2) is 10.5. The lowest BCUT2D eigenvalue weighted by Crippen LogP contribution is -3.14. The second-order valence-corrected chi connectivity index (χ2v) is 10.8. The largest absolute Gasteiger partial charge is 0.872 e. The highest BCUT2D eigenvalue weighted by Gasteiger charge is 2.44. The monoisotopic (exact) mass is 496 g/mol. The molecule has 1 amide bonds. The van der Waals surface area contributed by atoms with Gasteiger partial charge < -0.3 is 19.6 Å². The van der Waals surface area contributed by atoms with Crippen LogP contribution in [0.1, 0.15) is 49.9 Å². The maximum absolute atomic E-state index is 13.5. The quantitative estimate of drug-likeness (QED) is 0.378. The third-order valence-electron chi connectivity index (χ3n) is 6.86. The normalized spacial score (nSPS) is 21.0. The van der Waals surface area contributed by atoms with Crippen LogP contribution in [-0.2, 0) is 19.7 Å². The molecule has 4 rings (SSSR count). The Morgan fingerprint density at radius 2 is 1.69 bits per heavy atom. The first-order valence-corrected chi connectivity index (χ1v) is 12.6. The molecule has 2 aliphatic heterocycles. The average molecular weight is 497 g/mol. The van der Waals surface area contributed by atoms with E-state index in [1.807, 2.05) is 24.3 Å². The number of halogens is 1. The fourth-order valence-corrected chi connectivity index (χ4v) is 4.91. The van der Waals surface area contributed by atoms with Crippen molar-refractivity contribution in [3.8, 4) is 0 Å².